The zero-order chi connectivity index (χ0) is 22.9. The molecule has 2 saturated carbocycles. The number of alkyl halides is 2. The number of allylic oxidation sites excluding steroid dienone is 2. The molecule has 10 heteroatoms. The molecular formula is C21H24Cl4O6. The maximum Gasteiger partial charge on any atom is 0.310 e. The molecule has 31 heavy (non-hydrogen) atoms. The van der Waals surface area contributed by atoms with Crippen LogP contribution >= 0.6 is 46.4 Å². The van der Waals surface area contributed by atoms with Gasteiger partial charge in [-0.15, -0.1) is 23.2 Å². The van der Waals surface area contributed by atoms with Crippen molar-refractivity contribution in [1.29, 1.82) is 0 Å². The van der Waals surface area contributed by atoms with Crippen LogP contribution in [0.3, 0.4) is 0 Å². The quantitative estimate of drug-likeness (QED) is 0.231. The normalized spacial score (nSPS) is 43.9. The lowest BCUT2D eigenvalue weighted by molar-refractivity contribution is -0.221. The van der Waals surface area contributed by atoms with Crippen molar-refractivity contribution in [3.8, 4) is 0 Å². The highest BCUT2D eigenvalue weighted by atomic mass is 35.5. The minimum atomic E-state index is -1.60. The molecule has 0 spiro atoms. The van der Waals surface area contributed by atoms with E-state index in [-0.39, 0.29) is 23.3 Å². The Morgan fingerprint density at radius 1 is 0.839 bits per heavy atom. The highest BCUT2D eigenvalue weighted by molar-refractivity contribution is 6.52. The molecule has 0 heterocycles. The van der Waals surface area contributed by atoms with Crippen LogP contribution in [0.5, 0.6) is 0 Å². The van der Waals surface area contributed by atoms with Gasteiger partial charge in [-0.05, 0) is 25.7 Å². The molecule has 0 aromatic heterocycles. The first-order valence-corrected chi connectivity index (χ1v) is 11.7. The van der Waals surface area contributed by atoms with Crippen molar-refractivity contribution in [2.24, 2.45) is 35.5 Å². The maximum atomic E-state index is 13.1. The van der Waals surface area contributed by atoms with E-state index in [4.69, 9.17) is 65.4 Å². The van der Waals surface area contributed by atoms with Crippen molar-refractivity contribution in [2.75, 3.05) is 27.4 Å². The Bertz CT molecular complexity index is 806. The molecule has 5 rings (SSSR count). The molecule has 2 fully saturated rings. The molecule has 6 nitrogen and oxygen atoms in total. The van der Waals surface area contributed by atoms with Crippen LogP contribution in [-0.2, 0) is 28.5 Å². The van der Waals surface area contributed by atoms with Gasteiger partial charge in [0.2, 0.25) is 5.79 Å². The van der Waals surface area contributed by atoms with E-state index in [1.165, 1.54) is 14.2 Å². The number of esters is 2. The zero-order valence-electron chi connectivity index (χ0n) is 17.5. The summed E-state index contributed by atoms with van der Waals surface area (Å²) in [5.74, 6) is -6.19. The van der Waals surface area contributed by atoms with Gasteiger partial charge in [0.15, 0.2) is 0 Å². The van der Waals surface area contributed by atoms with E-state index in [0.717, 1.165) is 0 Å². The highest BCUT2D eigenvalue weighted by Crippen LogP contribution is 2.79. The highest BCUT2D eigenvalue weighted by Gasteiger charge is 2.88. The molecule has 0 N–H and O–H groups in total. The van der Waals surface area contributed by atoms with Gasteiger partial charge in [0.25, 0.3) is 0 Å². The molecule has 0 saturated heterocycles. The lowest BCUT2D eigenvalue weighted by Crippen LogP contribution is -2.59. The summed E-state index contributed by atoms with van der Waals surface area (Å²) in [6.45, 7) is 3.79. The van der Waals surface area contributed by atoms with Gasteiger partial charge in [-0.3, -0.25) is 9.59 Å². The maximum absolute atomic E-state index is 13.1. The lowest BCUT2D eigenvalue weighted by Gasteiger charge is -2.54. The second kappa shape index (κ2) is 7.78. The molecule has 0 aromatic rings. The van der Waals surface area contributed by atoms with E-state index in [1.807, 2.05) is 12.2 Å². The van der Waals surface area contributed by atoms with Crippen LogP contribution in [-0.4, -0.2) is 54.9 Å². The first-order chi connectivity index (χ1) is 14.6. The van der Waals surface area contributed by atoms with Gasteiger partial charge in [-0.1, -0.05) is 35.4 Å². The summed E-state index contributed by atoms with van der Waals surface area (Å²) < 4.78 is 22.3. The van der Waals surface area contributed by atoms with E-state index in [0.29, 0.717) is 0 Å². The minimum absolute atomic E-state index is 0.132. The fraction of sp³-hybridized carbons (Fsp3) is 0.714. The Morgan fingerprint density at radius 2 is 1.19 bits per heavy atom. The predicted octanol–water partition coefficient (Wildman–Crippen LogP) is 4.05. The van der Waals surface area contributed by atoms with E-state index < -0.39 is 63.0 Å². The number of rotatable bonds is 6. The summed E-state index contributed by atoms with van der Waals surface area (Å²) in [6, 6.07) is 0. The van der Waals surface area contributed by atoms with Crippen LogP contribution in [0.1, 0.15) is 13.8 Å². The van der Waals surface area contributed by atoms with E-state index >= 15 is 0 Å². The molecule has 0 amide bonds. The first kappa shape index (κ1) is 23.7. The second-order valence-electron chi connectivity index (χ2n) is 8.22. The van der Waals surface area contributed by atoms with E-state index in [2.05, 4.69) is 0 Å². The summed E-state index contributed by atoms with van der Waals surface area (Å²) in [4.78, 5) is 23.2. The number of carbonyl (C=O) groups excluding carboxylic acids is 2. The summed E-state index contributed by atoms with van der Waals surface area (Å²) in [7, 11) is 2.85. The SMILES string of the molecule is CCOC(=O)[C@@H]1[C@H]2C=C[C@@H]([C@H]1C(=O)OCC)[C@H]1[C@@H]2[C@@]2(Cl)C(Cl)=C(Cl)[C@]1(Cl)C2(OC)OC. The molecule has 0 radical (unpaired) electrons. The molecule has 8 atom stereocenters. The van der Waals surface area contributed by atoms with Gasteiger partial charge in [0.05, 0.1) is 35.1 Å². The summed E-state index contributed by atoms with van der Waals surface area (Å²) >= 11 is 27.8. The number of fused-ring (bicyclic) bond motifs is 3. The Balaban J connectivity index is 1.94. The predicted molar refractivity (Wildman–Crippen MR) is 116 cm³/mol. The number of carbonyl (C=O) groups is 2. The largest absolute Gasteiger partial charge is 0.466 e. The van der Waals surface area contributed by atoms with Gasteiger partial charge in [0.1, 0.15) is 9.75 Å². The van der Waals surface area contributed by atoms with Crippen LogP contribution < -0.4 is 0 Å². The smallest absolute Gasteiger partial charge is 0.310 e. The van der Waals surface area contributed by atoms with Gasteiger partial charge in [0, 0.05) is 26.1 Å². The number of methoxy groups -OCH3 is 2. The van der Waals surface area contributed by atoms with Crippen molar-refractivity contribution >= 4 is 58.3 Å². The van der Waals surface area contributed by atoms with Gasteiger partial charge < -0.3 is 18.9 Å². The standard InChI is InChI=1S/C21H24Cl4O6/c1-5-30-17(26)11-9-7-8-10(12(11)18(27)31-6-2)14-13(9)19(24)15(22)16(23)20(14,25)21(19,28-3)29-4/h7-14H,5-6H2,1-4H3/t9-,10+,11-,12-,13-,14+,19-,20+/m1/s1. The summed E-state index contributed by atoms with van der Waals surface area (Å²) in [6.07, 6.45) is 3.78. The average molecular weight is 514 g/mol. The zero-order valence-corrected chi connectivity index (χ0v) is 20.5. The van der Waals surface area contributed by atoms with Crippen LogP contribution in [0.15, 0.2) is 22.2 Å². The molecular weight excluding hydrogens is 490 g/mol. The van der Waals surface area contributed by atoms with Crippen LogP contribution in [0.25, 0.3) is 0 Å². The molecule has 0 unspecified atom stereocenters. The number of hydrogen-bond donors (Lipinski definition) is 0. The van der Waals surface area contributed by atoms with E-state index in [9.17, 15) is 9.59 Å². The number of halogens is 4. The van der Waals surface area contributed by atoms with Crippen LogP contribution in [0.4, 0.5) is 0 Å². The van der Waals surface area contributed by atoms with Crippen LogP contribution in [0.2, 0.25) is 0 Å². The van der Waals surface area contributed by atoms with Crippen molar-refractivity contribution in [3.05, 3.63) is 22.2 Å². The summed E-state index contributed by atoms with van der Waals surface area (Å²) in [5.41, 5.74) is 0. The monoisotopic (exact) mass is 512 g/mol. The van der Waals surface area contributed by atoms with Crippen molar-refractivity contribution in [2.45, 2.75) is 29.4 Å². The van der Waals surface area contributed by atoms with Gasteiger partial charge in [-0.2, -0.15) is 0 Å². The van der Waals surface area contributed by atoms with Gasteiger partial charge in [-0.25, -0.2) is 0 Å². The topological polar surface area (TPSA) is 71.1 Å². The second-order valence-corrected chi connectivity index (χ2v) is 10.2. The fourth-order valence-electron chi connectivity index (χ4n) is 6.53. The van der Waals surface area contributed by atoms with E-state index in [1.54, 1.807) is 13.8 Å². The molecule has 5 aliphatic carbocycles. The molecule has 0 aliphatic heterocycles. The minimum Gasteiger partial charge on any atom is -0.466 e. The molecule has 5 aliphatic rings. The van der Waals surface area contributed by atoms with Crippen molar-refractivity contribution in [1.82, 2.24) is 0 Å². The average Bonchev–Trinajstić information content (AvgIpc) is 3.03. The Labute approximate surface area is 201 Å². The Morgan fingerprint density at radius 3 is 1.48 bits per heavy atom. The third kappa shape index (κ3) is 2.50. The Hall–Kier alpha value is -0.500. The van der Waals surface area contributed by atoms with Crippen molar-refractivity contribution in [3.63, 3.8) is 0 Å². The molecule has 172 valence electrons. The number of ether oxygens (including phenoxy) is 4. The third-order valence-corrected chi connectivity index (χ3v) is 10.0. The molecule has 4 bridgehead atoms. The van der Waals surface area contributed by atoms with Gasteiger partial charge >= 0.3 is 11.9 Å². The lowest BCUT2D eigenvalue weighted by atomic mass is 9.50. The third-order valence-electron chi connectivity index (χ3n) is 7.39. The number of hydrogen-bond acceptors (Lipinski definition) is 6. The van der Waals surface area contributed by atoms with Crippen LogP contribution in [0, 0.1) is 35.5 Å². The Kier molecular flexibility index (Phi) is 5.93. The fourth-order valence-corrected chi connectivity index (χ4v) is 8.83. The van der Waals surface area contributed by atoms with Crippen molar-refractivity contribution < 1.29 is 28.5 Å². The first-order valence-electron chi connectivity index (χ1n) is 10.2. The molecule has 0 aromatic carbocycles. The summed E-state index contributed by atoms with van der Waals surface area (Å²) in [5, 5.41) is 0.263.